The quantitative estimate of drug-likeness (QED) is 0.727. The van der Waals surface area contributed by atoms with Gasteiger partial charge in [-0.2, -0.15) is 17.4 Å². The first-order valence-electron chi connectivity index (χ1n) is 6.73. The summed E-state index contributed by atoms with van der Waals surface area (Å²) in [7, 11) is -4.48. The van der Waals surface area contributed by atoms with Crippen molar-refractivity contribution in [2.24, 2.45) is 5.92 Å². The highest BCUT2D eigenvalue weighted by Crippen LogP contribution is 2.20. The lowest BCUT2D eigenvalue weighted by Crippen LogP contribution is -2.51. The van der Waals surface area contributed by atoms with E-state index in [1.54, 1.807) is 0 Å². The van der Waals surface area contributed by atoms with E-state index in [1.807, 2.05) is 0 Å². The predicted octanol–water partition coefficient (Wildman–Crippen LogP) is -0.471. The first kappa shape index (κ1) is 15.9. The van der Waals surface area contributed by atoms with Gasteiger partial charge in [-0.05, 0) is 25.7 Å². The Morgan fingerprint density at radius 3 is 2.50 bits per heavy atom. The zero-order valence-electron chi connectivity index (χ0n) is 11.2. The van der Waals surface area contributed by atoms with E-state index >= 15 is 0 Å². The molecule has 7 nitrogen and oxygen atoms in total. The maximum atomic E-state index is 12.2. The van der Waals surface area contributed by atoms with Gasteiger partial charge in [-0.15, -0.1) is 0 Å². The molecular weight excluding hydrogens is 304 g/mol. The number of hydrogen-bond donors (Lipinski definition) is 2. The number of hydrogen-bond acceptors (Lipinski definition) is 4. The third-order valence-electron chi connectivity index (χ3n) is 3.78. The third kappa shape index (κ3) is 4.00. The van der Waals surface area contributed by atoms with Crippen LogP contribution in [0.25, 0.3) is 0 Å². The van der Waals surface area contributed by atoms with Crippen LogP contribution in [0.2, 0.25) is 0 Å². The number of piperidine rings is 1. The highest BCUT2D eigenvalue weighted by molar-refractivity contribution is 7.87. The predicted molar refractivity (Wildman–Crippen MR) is 74.9 cm³/mol. The fourth-order valence-electron chi connectivity index (χ4n) is 2.56. The Balaban J connectivity index is 1.95. The molecule has 2 heterocycles. The fraction of sp³-hybridized carbons (Fsp3) is 0.909. The zero-order valence-corrected chi connectivity index (χ0v) is 12.8. The lowest BCUT2D eigenvalue weighted by atomic mass is 10.0. The van der Waals surface area contributed by atoms with Crippen molar-refractivity contribution in [1.29, 1.82) is 0 Å². The van der Waals surface area contributed by atoms with E-state index in [0.717, 1.165) is 0 Å². The van der Waals surface area contributed by atoms with Crippen LogP contribution >= 0.6 is 0 Å². The fourth-order valence-corrected chi connectivity index (χ4v) is 5.41. The molecule has 2 N–H and O–H groups in total. The van der Waals surface area contributed by atoms with Crippen molar-refractivity contribution < 1.29 is 22.5 Å². The Morgan fingerprint density at radius 2 is 1.90 bits per heavy atom. The first-order valence-corrected chi connectivity index (χ1v) is 9.66. The monoisotopic (exact) mass is 324 g/mol. The van der Waals surface area contributed by atoms with Gasteiger partial charge in [0.15, 0.2) is 0 Å². The van der Waals surface area contributed by atoms with Crippen molar-refractivity contribution >= 4 is 27.0 Å². The average Bonchev–Trinajstić information content (AvgIpc) is 2.41. The smallest absolute Gasteiger partial charge is 0.307 e. The Labute approximate surface area is 121 Å². The second-order valence-corrected chi connectivity index (χ2v) is 8.68. The minimum absolute atomic E-state index is 0.0311. The van der Waals surface area contributed by atoms with Gasteiger partial charge in [0.25, 0.3) is 10.2 Å². The number of carboxylic acids is 1. The van der Waals surface area contributed by atoms with Crippen LogP contribution in [0, 0.1) is 5.92 Å². The Kier molecular flexibility index (Phi) is 5.16. The summed E-state index contributed by atoms with van der Waals surface area (Å²) in [5.74, 6) is -0.535. The third-order valence-corrected chi connectivity index (χ3v) is 6.80. The molecule has 1 atom stereocenters. The second kappa shape index (κ2) is 6.50. The van der Waals surface area contributed by atoms with Crippen molar-refractivity contribution in [1.82, 2.24) is 9.03 Å². The highest BCUT2D eigenvalue weighted by atomic mass is 32.2. The second-order valence-electron chi connectivity index (χ2n) is 5.28. The number of nitrogens with one attached hydrogen (secondary N) is 1. The van der Waals surface area contributed by atoms with Gasteiger partial charge in [0.05, 0.1) is 5.92 Å². The molecule has 0 radical (unpaired) electrons. The lowest BCUT2D eigenvalue weighted by molar-refractivity contribution is -0.142. The Morgan fingerprint density at radius 1 is 1.25 bits per heavy atom. The maximum Gasteiger partial charge on any atom is 0.307 e. The van der Waals surface area contributed by atoms with Crippen LogP contribution in [0.5, 0.6) is 0 Å². The maximum absolute atomic E-state index is 12.2. The van der Waals surface area contributed by atoms with Gasteiger partial charge in [0.1, 0.15) is 0 Å². The highest BCUT2D eigenvalue weighted by Gasteiger charge is 2.33. The van der Waals surface area contributed by atoms with Crippen molar-refractivity contribution in [2.75, 3.05) is 24.6 Å². The summed E-state index contributed by atoms with van der Waals surface area (Å²) in [4.78, 5) is 11.0. The molecule has 0 aliphatic carbocycles. The normalized spacial score (nSPS) is 32.9. The SMILES string of the molecule is O=C(O)C1CCCN(S(=O)(=O)NC2CCS(=O)CC2)C1. The largest absolute Gasteiger partial charge is 0.481 e. The van der Waals surface area contributed by atoms with E-state index < -0.39 is 32.9 Å². The molecule has 2 saturated heterocycles. The van der Waals surface area contributed by atoms with Gasteiger partial charge in [-0.3, -0.25) is 9.00 Å². The Bertz CT molecular complexity index is 483. The van der Waals surface area contributed by atoms with Crippen molar-refractivity contribution in [3.8, 4) is 0 Å². The van der Waals surface area contributed by atoms with Crippen LogP contribution in [-0.4, -0.2) is 58.6 Å². The molecule has 2 rings (SSSR count). The van der Waals surface area contributed by atoms with Crippen LogP contribution in [-0.2, 0) is 25.8 Å². The molecule has 116 valence electrons. The number of nitrogens with zero attached hydrogens (tertiary/aromatic N) is 1. The molecule has 0 aromatic carbocycles. The van der Waals surface area contributed by atoms with E-state index in [1.165, 1.54) is 4.31 Å². The number of carbonyl (C=O) groups is 1. The van der Waals surface area contributed by atoms with Gasteiger partial charge in [-0.1, -0.05) is 0 Å². The molecule has 9 heteroatoms. The van der Waals surface area contributed by atoms with Crippen LogP contribution in [0.4, 0.5) is 0 Å². The van der Waals surface area contributed by atoms with E-state index in [0.29, 0.717) is 43.7 Å². The van der Waals surface area contributed by atoms with Crippen LogP contribution in [0.15, 0.2) is 0 Å². The zero-order chi connectivity index (χ0) is 14.8. The van der Waals surface area contributed by atoms with E-state index in [-0.39, 0.29) is 12.6 Å². The molecule has 20 heavy (non-hydrogen) atoms. The minimum atomic E-state index is -3.65. The summed E-state index contributed by atoms with van der Waals surface area (Å²) in [6.07, 6.45) is 2.22. The van der Waals surface area contributed by atoms with Gasteiger partial charge < -0.3 is 5.11 Å². The van der Waals surface area contributed by atoms with E-state index in [9.17, 15) is 17.4 Å². The molecule has 2 aliphatic rings. The van der Waals surface area contributed by atoms with Crippen LogP contribution < -0.4 is 4.72 Å². The number of aliphatic carboxylic acids is 1. The molecule has 1 unspecified atom stereocenters. The average molecular weight is 324 g/mol. The molecule has 2 fully saturated rings. The van der Waals surface area contributed by atoms with Crippen LogP contribution in [0.1, 0.15) is 25.7 Å². The summed E-state index contributed by atoms with van der Waals surface area (Å²) < 4.78 is 39.6. The summed E-state index contributed by atoms with van der Waals surface area (Å²) in [6, 6.07) is -0.192. The van der Waals surface area contributed by atoms with Crippen LogP contribution in [0.3, 0.4) is 0 Å². The molecule has 0 amide bonds. The standard InChI is InChI=1S/C11H20N2O5S2/c14-11(15)9-2-1-5-13(8-9)20(17,18)12-10-3-6-19(16)7-4-10/h9-10,12H,1-8H2,(H,14,15). The lowest BCUT2D eigenvalue weighted by Gasteiger charge is -2.32. The molecule has 0 bridgehead atoms. The van der Waals surface area contributed by atoms with Crippen molar-refractivity contribution in [3.05, 3.63) is 0 Å². The topological polar surface area (TPSA) is 104 Å². The Hall–Kier alpha value is -0.510. The molecule has 0 saturated carbocycles. The molecule has 0 aromatic rings. The number of rotatable bonds is 4. The van der Waals surface area contributed by atoms with Gasteiger partial charge in [-0.25, -0.2) is 0 Å². The van der Waals surface area contributed by atoms with Gasteiger partial charge in [0, 0.05) is 41.4 Å². The van der Waals surface area contributed by atoms with Gasteiger partial charge in [0.2, 0.25) is 0 Å². The summed E-state index contributed by atoms with van der Waals surface area (Å²) in [6.45, 7) is 0.390. The van der Waals surface area contributed by atoms with E-state index in [2.05, 4.69) is 4.72 Å². The summed E-state index contributed by atoms with van der Waals surface area (Å²) >= 11 is 0. The summed E-state index contributed by atoms with van der Waals surface area (Å²) in [5.41, 5.74) is 0. The first-order chi connectivity index (χ1) is 9.38. The van der Waals surface area contributed by atoms with E-state index in [4.69, 9.17) is 5.11 Å². The molecular formula is C11H20N2O5S2. The molecule has 0 spiro atoms. The van der Waals surface area contributed by atoms with Gasteiger partial charge >= 0.3 is 5.97 Å². The number of carboxylic acid groups (broad SMARTS) is 1. The molecule has 0 aromatic heterocycles. The van der Waals surface area contributed by atoms with Crippen molar-refractivity contribution in [2.45, 2.75) is 31.7 Å². The minimum Gasteiger partial charge on any atom is -0.481 e. The summed E-state index contributed by atoms with van der Waals surface area (Å²) in [5, 5.41) is 9.00. The van der Waals surface area contributed by atoms with Crippen molar-refractivity contribution in [3.63, 3.8) is 0 Å². The molecule has 2 aliphatic heterocycles.